The summed E-state index contributed by atoms with van der Waals surface area (Å²) in [6.45, 7) is 2.65. The number of methoxy groups -OCH3 is 3. The number of amides is 1. The van der Waals surface area contributed by atoms with Gasteiger partial charge in [0.1, 0.15) is 5.82 Å². The minimum absolute atomic E-state index is 0.0235. The van der Waals surface area contributed by atoms with Crippen LogP contribution in [0.1, 0.15) is 36.8 Å². The van der Waals surface area contributed by atoms with E-state index in [9.17, 15) is 14.0 Å². The molecule has 1 unspecified atom stereocenters. The highest BCUT2D eigenvalue weighted by Crippen LogP contribution is 2.41. The van der Waals surface area contributed by atoms with Crippen molar-refractivity contribution in [3.8, 4) is 11.1 Å². The van der Waals surface area contributed by atoms with E-state index < -0.39 is 11.2 Å². The highest BCUT2D eigenvalue weighted by atomic mass is 35.5. The standard InChI is InChI=1S/C28H35ClFNO5/c1-18-5-6-20(21-7-8-23(29)24(30)14-21)13-22(18)15-26(32)31-17-28(27(33)36-4)11-9-19(10-12-28)25(35-3)16-34-2/h5-8,13-14,19,25H,9-12,15-17H2,1-4H3,(H,31,32). The number of halogens is 2. The Morgan fingerprint density at radius 1 is 1.11 bits per heavy atom. The van der Waals surface area contributed by atoms with E-state index in [-0.39, 0.29) is 41.9 Å². The fraction of sp³-hybridized carbons (Fsp3) is 0.500. The number of rotatable bonds is 10. The average Bonchev–Trinajstić information content (AvgIpc) is 2.89. The van der Waals surface area contributed by atoms with Crippen molar-refractivity contribution in [1.29, 1.82) is 0 Å². The molecule has 1 atom stereocenters. The molecule has 0 radical (unpaired) electrons. The molecule has 1 N–H and O–H groups in total. The van der Waals surface area contributed by atoms with E-state index in [1.165, 1.54) is 19.2 Å². The van der Waals surface area contributed by atoms with Crippen molar-refractivity contribution >= 4 is 23.5 Å². The molecule has 0 aliphatic heterocycles. The third-order valence-corrected chi connectivity index (χ3v) is 7.65. The summed E-state index contributed by atoms with van der Waals surface area (Å²) in [6.07, 6.45) is 2.90. The van der Waals surface area contributed by atoms with Crippen molar-refractivity contribution in [2.24, 2.45) is 11.3 Å². The van der Waals surface area contributed by atoms with E-state index in [1.807, 2.05) is 25.1 Å². The molecule has 1 aliphatic rings. The lowest BCUT2D eigenvalue weighted by molar-refractivity contribution is -0.156. The first-order valence-corrected chi connectivity index (χ1v) is 12.5. The third kappa shape index (κ3) is 6.64. The molecule has 1 saturated carbocycles. The topological polar surface area (TPSA) is 73.9 Å². The SMILES string of the molecule is COCC(OC)C1CCC(CNC(=O)Cc2cc(-c3ccc(Cl)c(F)c3)ccc2C)(C(=O)OC)CC1. The molecule has 1 fully saturated rings. The number of esters is 1. The number of benzene rings is 2. The van der Waals surface area contributed by atoms with E-state index in [0.29, 0.717) is 25.0 Å². The van der Waals surface area contributed by atoms with Crippen LogP contribution in [0.3, 0.4) is 0 Å². The summed E-state index contributed by atoms with van der Waals surface area (Å²) in [7, 11) is 4.70. The molecule has 8 heteroatoms. The van der Waals surface area contributed by atoms with Gasteiger partial charge in [-0.25, -0.2) is 4.39 Å². The second kappa shape index (κ2) is 12.7. The van der Waals surface area contributed by atoms with Gasteiger partial charge < -0.3 is 19.5 Å². The summed E-state index contributed by atoms with van der Waals surface area (Å²) < 4.78 is 29.9. The smallest absolute Gasteiger partial charge is 0.313 e. The molecule has 36 heavy (non-hydrogen) atoms. The summed E-state index contributed by atoms with van der Waals surface area (Å²) in [5.41, 5.74) is 2.51. The van der Waals surface area contributed by atoms with Crippen LogP contribution in [0.15, 0.2) is 36.4 Å². The molecule has 0 saturated heterocycles. The van der Waals surface area contributed by atoms with Gasteiger partial charge in [-0.1, -0.05) is 35.9 Å². The van der Waals surface area contributed by atoms with E-state index in [4.69, 9.17) is 25.8 Å². The minimum atomic E-state index is -0.760. The molecule has 6 nitrogen and oxygen atoms in total. The van der Waals surface area contributed by atoms with Gasteiger partial charge in [-0.05, 0) is 72.9 Å². The van der Waals surface area contributed by atoms with Gasteiger partial charge in [-0.2, -0.15) is 0 Å². The Morgan fingerprint density at radius 3 is 2.39 bits per heavy atom. The van der Waals surface area contributed by atoms with Crippen molar-refractivity contribution < 1.29 is 28.2 Å². The van der Waals surface area contributed by atoms with Gasteiger partial charge in [0.2, 0.25) is 5.91 Å². The molecule has 196 valence electrons. The Balaban J connectivity index is 1.67. The highest BCUT2D eigenvalue weighted by Gasteiger charge is 2.44. The Morgan fingerprint density at radius 2 is 1.78 bits per heavy atom. The molecule has 0 bridgehead atoms. The highest BCUT2D eigenvalue weighted by molar-refractivity contribution is 6.30. The first-order valence-electron chi connectivity index (χ1n) is 12.1. The largest absolute Gasteiger partial charge is 0.469 e. The normalized spacial score (nSPS) is 20.6. The van der Waals surface area contributed by atoms with Crippen LogP contribution in [0.25, 0.3) is 11.1 Å². The van der Waals surface area contributed by atoms with Crippen molar-refractivity contribution in [1.82, 2.24) is 5.32 Å². The van der Waals surface area contributed by atoms with Crippen LogP contribution in [0.4, 0.5) is 4.39 Å². The predicted octanol–water partition coefficient (Wildman–Crippen LogP) is 5.12. The van der Waals surface area contributed by atoms with Gasteiger partial charge in [0.05, 0.1) is 36.7 Å². The van der Waals surface area contributed by atoms with E-state index >= 15 is 0 Å². The van der Waals surface area contributed by atoms with E-state index in [1.54, 1.807) is 20.3 Å². The van der Waals surface area contributed by atoms with Crippen LogP contribution in [0.5, 0.6) is 0 Å². The number of hydrogen-bond donors (Lipinski definition) is 1. The van der Waals surface area contributed by atoms with Gasteiger partial charge in [0.25, 0.3) is 0 Å². The zero-order valence-corrected chi connectivity index (χ0v) is 22.1. The maximum absolute atomic E-state index is 13.9. The molecule has 3 rings (SSSR count). The summed E-state index contributed by atoms with van der Waals surface area (Å²) in [5, 5.41) is 3.04. The Hall–Kier alpha value is -2.48. The first kappa shape index (κ1) is 28.1. The predicted molar refractivity (Wildman–Crippen MR) is 137 cm³/mol. The van der Waals surface area contributed by atoms with E-state index in [2.05, 4.69) is 5.32 Å². The van der Waals surface area contributed by atoms with Crippen LogP contribution in [0.2, 0.25) is 5.02 Å². The number of nitrogens with one attached hydrogen (secondary N) is 1. The van der Waals surface area contributed by atoms with Crippen molar-refractivity contribution in [2.75, 3.05) is 34.5 Å². The van der Waals surface area contributed by atoms with Crippen LogP contribution in [-0.4, -0.2) is 52.5 Å². The second-order valence-electron chi connectivity index (χ2n) is 9.56. The van der Waals surface area contributed by atoms with Crippen molar-refractivity contribution in [2.45, 2.75) is 45.1 Å². The van der Waals surface area contributed by atoms with Crippen LogP contribution >= 0.6 is 11.6 Å². The fourth-order valence-corrected chi connectivity index (χ4v) is 5.13. The van der Waals surface area contributed by atoms with Gasteiger partial charge >= 0.3 is 5.97 Å². The maximum atomic E-state index is 13.9. The Kier molecular flexibility index (Phi) is 9.88. The van der Waals surface area contributed by atoms with Crippen molar-refractivity contribution in [3.05, 3.63) is 58.4 Å². The molecular weight excluding hydrogens is 485 g/mol. The lowest BCUT2D eigenvalue weighted by atomic mass is 9.69. The lowest BCUT2D eigenvalue weighted by Crippen LogP contribution is -2.47. The second-order valence-corrected chi connectivity index (χ2v) is 9.97. The molecule has 0 aromatic heterocycles. The first-order chi connectivity index (χ1) is 17.2. The summed E-state index contributed by atoms with van der Waals surface area (Å²) in [5.74, 6) is -0.690. The lowest BCUT2D eigenvalue weighted by Gasteiger charge is -2.39. The Labute approximate surface area is 217 Å². The fourth-order valence-electron chi connectivity index (χ4n) is 5.02. The quantitative estimate of drug-likeness (QED) is 0.441. The minimum Gasteiger partial charge on any atom is -0.469 e. The van der Waals surface area contributed by atoms with Crippen LogP contribution < -0.4 is 5.32 Å². The molecule has 1 amide bonds. The molecule has 0 spiro atoms. The third-order valence-electron chi connectivity index (χ3n) is 7.34. The summed E-state index contributed by atoms with van der Waals surface area (Å²) >= 11 is 5.81. The number of ether oxygens (including phenoxy) is 3. The van der Waals surface area contributed by atoms with Crippen LogP contribution in [-0.2, 0) is 30.2 Å². The van der Waals surface area contributed by atoms with Gasteiger partial charge in [0, 0.05) is 20.8 Å². The van der Waals surface area contributed by atoms with Gasteiger partial charge in [0.15, 0.2) is 0 Å². The zero-order valence-electron chi connectivity index (χ0n) is 21.4. The molecule has 0 heterocycles. The molecule has 2 aromatic carbocycles. The average molecular weight is 520 g/mol. The molecule has 2 aromatic rings. The monoisotopic (exact) mass is 519 g/mol. The van der Waals surface area contributed by atoms with Crippen LogP contribution in [0, 0.1) is 24.1 Å². The van der Waals surface area contributed by atoms with Crippen molar-refractivity contribution in [3.63, 3.8) is 0 Å². The number of aryl methyl sites for hydroxylation is 1. The van der Waals surface area contributed by atoms with Gasteiger partial charge in [-0.3, -0.25) is 9.59 Å². The van der Waals surface area contributed by atoms with E-state index in [0.717, 1.165) is 29.5 Å². The summed E-state index contributed by atoms with van der Waals surface area (Å²) in [6, 6.07) is 10.3. The molecular formula is C28H35ClFNO5. The Bertz CT molecular complexity index is 1070. The maximum Gasteiger partial charge on any atom is 0.313 e. The zero-order chi connectivity index (χ0) is 26.3. The van der Waals surface area contributed by atoms with Gasteiger partial charge in [-0.15, -0.1) is 0 Å². The number of hydrogen-bond acceptors (Lipinski definition) is 5. The molecule has 1 aliphatic carbocycles. The summed E-state index contributed by atoms with van der Waals surface area (Å²) in [4.78, 5) is 25.7. The number of carbonyl (C=O) groups excluding carboxylic acids is 2. The number of carbonyl (C=O) groups is 2.